The molecule has 0 aliphatic heterocycles. The maximum Gasteiger partial charge on any atom is 0.138 e. The summed E-state index contributed by atoms with van der Waals surface area (Å²) in [6, 6.07) is 0. The molecule has 0 saturated heterocycles. The lowest BCUT2D eigenvalue weighted by molar-refractivity contribution is -0.128. The van der Waals surface area contributed by atoms with E-state index in [2.05, 4.69) is 6.92 Å². The van der Waals surface area contributed by atoms with Gasteiger partial charge in [0, 0.05) is 19.4 Å². The Bertz CT molecular complexity index is 142. The van der Waals surface area contributed by atoms with Crippen LogP contribution in [0, 0.1) is 11.8 Å². The van der Waals surface area contributed by atoms with Gasteiger partial charge in [0.25, 0.3) is 0 Å². The van der Waals surface area contributed by atoms with Crippen molar-refractivity contribution in [1.29, 1.82) is 0 Å². The molecule has 1 aliphatic carbocycles. The maximum absolute atomic E-state index is 11.3. The van der Waals surface area contributed by atoms with Gasteiger partial charge in [0.15, 0.2) is 0 Å². The summed E-state index contributed by atoms with van der Waals surface area (Å²) in [5.74, 6) is 1.09. The molecule has 11 heavy (non-hydrogen) atoms. The third kappa shape index (κ3) is 2.03. The van der Waals surface area contributed by atoms with Crippen LogP contribution in [0.3, 0.4) is 0 Å². The molecule has 0 N–H and O–H groups in total. The van der Waals surface area contributed by atoms with E-state index in [-0.39, 0.29) is 5.92 Å². The first-order valence-corrected chi connectivity index (χ1v) is 4.27. The largest absolute Gasteiger partial charge is 0.384 e. The Morgan fingerprint density at radius 1 is 1.64 bits per heavy atom. The Kier molecular flexibility index (Phi) is 3.06. The Hall–Kier alpha value is -0.370. The quantitative estimate of drug-likeness (QED) is 0.607. The average Bonchev–Trinajstić information content (AvgIpc) is 1.97. The molecule has 1 fully saturated rings. The van der Waals surface area contributed by atoms with E-state index < -0.39 is 0 Å². The minimum Gasteiger partial charge on any atom is -0.384 e. The lowest BCUT2D eigenvalue weighted by Crippen LogP contribution is -2.30. The smallest absolute Gasteiger partial charge is 0.138 e. The third-order valence-electron chi connectivity index (χ3n) is 2.53. The van der Waals surface area contributed by atoms with Crippen LogP contribution in [0.2, 0.25) is 0 Å². The van der Waals surface area contributed by atoms with Crippen LogP contribution in [-0.4, -0.2) is 19.5 Å². The highest BCUT2D eigenvalue weighted by molar-refractivity contribution is 5.82. The number of ketones is 1. The highest BCUT2D eigenvalue weighted by atomic mass is 16.5. The zero-order chi connectivity index (χ0) is 8.27. The second-order valence-electron chi connectivity index (χ2n) is 3.40. The standard InChI is InChI=1S/C9H16O2/c1-7-4-3-5-9(10)8(7)6-11-2/h7-8H,3-6H2,1-2H3/t7-,8+/m0/s1. The highest BCUT2D eigenvalue weighted by Gasteiger charge is 2.28. The van der Waals surface area contributed by atoms with Gasteiger partial charge in [-0.3, -0.25) is 4.79 Å². The van der Waals surface area contributed by atoms with Crippen molar-refractivity contribution in [2.24, 2.45) is 11.8 Å². The predicted molar refractivity (Wildman–Crippen MR) is 43.4 cm³/mol. The van der Waals surface area contributed by atoms with E-state index in [9.17, 15) is 4.79 Å². The summed E-state index contributed by atoms with van der Waals surface area (Å²) in [7, 11) is 1.66. The van der Waals surface area contributed by atoms with Gasteiger partial charge in [-0.15, -0.1) is 0 Å². The summed E-state index contributed by atoms with van der Waals surface area (Å²) < 4.78 is 5.00. The summed E-state index contributed by atoms with van der Waals surface area (Å²) in [6.45, 7) is 2.75. The van der Waals surface area contributed by atoms with E-state index in [1.54, 1.807) is 7.11 Å². The lowest BCUT2D eigenvalue weighted by atomic mass is 9.80. The molecule has 0 heterocycles. The Labute approximate surface area is 67.9 Å². The van der Waals surface area contributed by atoms with Gasteiger partial charge < -0.3 is 4.74 Å². The van der Waals surface area contributed by atoms with E-state index in [4.69, 9.17) is 4.74 Å². The Morgan fingerprint density at radius 3 is 2.91 bits per heavy atom. The molecule has 0 unspecified atom stereocenters. The van der Waals surface area contributed by atoms with Crippen molar-refractivity contribution in [2.75, 3.05) is 13.7 Å². The molecule has 1 saturated carbocycles. The van der Waals surface area contributed by atoms with Gasteiger partial charge in [0.2, 0.25) is 0 Å². The molecule has 2 atom stereocenters. The molecular weight excluding hydrogens is 140 g/mol. The average molecular weight is 156 g/mol. The molecule has 64 valence electrons. The summed E-state index contributed by atoms with van der Waals surface area (Å²) in [4.78, 5) is 11.3. The predicted octanol–water partition coefficient (Wildman–Crippen LogP) is 1.64. The molecule has 0 aromatic carbocycles. The van der Waals surface area contributed by atoms with Gasteiger partial charge >= 0.3 is 0 Å². The van der Waals surface area contributed by atoms with E-state index in [0.717, 1.165) is 12.8 Å². The van der Waals surface area contributed by atoms with Gasteiger partial charge in [0.05, 0.1) is 6.61 Å². The molecule has 0 radical (unpaired) electrons. The second kappa shape index (κ2) is 3.86. The van der Waals surface area contributed by atoms with Crippen LogP contribution < -0.4 is 0 Å². The molecule has 0 amide bonds. The van der Waals surface area contributed by atoms with Crippen LogP contribution in [0.25, 0.3) is 0 Å². The van der Waals surface area contributed by atoms with Crippen molar-refractivity contribution < 1.29 is 9.53 Å². The van der Waals surface area contributed by atoms with Crippen LogP contribution in [-0.2, 0) is 9.53 Å². The number of ether oxygens (including phenoxy) is 1. The first kappa shape index (κ1) is 8.72. The fourth-order valence-corrected chi connectivity index (χ4v) is 1.74. The molecule has 0 bridgehead atoms. The molecule has 0 aromatic rings. The van der Waals surface area contributed by atoms with Crippen LogP contribution >= 0.6 is 0 Å². The molecule has 1 rings (SSSR count). The molecule has 1 aliphatic rings. The third-order valence-corrected chi connectivity index (χ3v) is 2.53. The Morgan fingerprint density at radius 2 is 2.36 bits per heavy atom. The molecule has 2 heteroatoms. The van der Waals surface area contributed by atoms with Crippen molar-refractivity contribution in [2.45, 2.75) is 26.2 Å². The SMILES string of the molecule is COC[C@H]1C(=O)CCC[C@@H]1C. The Balaban J connectivity index is 2.48. The van der Waals surface area contributed by atoms with Gasteiger partial charge in [0.1, 0.15) is 5.78 Å². The van der Waals surface area contributed by atoms with E-state index >= 15 is 0 Å². The second-order valence-corrected chi connectivity index (χ2v) is 3.40. The first-order chi connectivity index (χ1) is 5.25. The molecule has 0 spiro atoms. The zero-order valence-corrected chi connectivity index (χ0v) is 7.30. The summed E-state index contributed by atoms with van der Waals surface area (Å²) in [6.07, 6.45) is 3.01. The molecule has 2 nitrogen and oxygen atoms in total. The van der Waals surface area contributed by atoms with Gasteiger partial charge in [-0.25, -0.2) is 0 Å². The lowest BCUT2D eigenvalue weighted by Gasteiger charge is -2.26. The molecule has 0 aromatic heterocycles. The normalized spacial score (nSPS) is 32.4. The minimum atomic E-state index is 0.175. The summed E-state index contributed by atoms with van der Waals surface area (Å²) >= 11 is 0. The summed E-state index contributed by atoms with van der Waals surface area (Å²) in [5, 5.41) is 0. The van der Waals surface area contributed by atoms with Crippen molar-refractivity contribution in [3.8, 4) is 0 Å². The van der Waals surface area contributed by atoms with Gasteiger partial charge in [-0.2, -0.15) is 0 Å². The van der Waals surface area contributed by atoms with E-state index in [1.165, 1.54) is 6.42 Å². The number of methoxy groups -OCH3 is 1. The zero-order valence-electron chi connectivity index (χ0n) is 7.30. The van der Waals surface area contributed by atoms with E-state index in [1.807, 2.05) is 0 Å². The van der Waals surface area contributed by atoms with Crippen LogP contribution in [0.1, 0.15) is 26.2 Å². The number of rotatable bonds is 2. The number of carbonyl (C=O) groups excluding carboxylic acids is 1. The number of carbonyl (C=O) groups is 1. The minimum absolute atomic E-state index is 0.175. The van der Waals surface area contributed by atoms with E-state index in [0.29, 0.717) is 18.3 Å². The highest BCUT2D eigenvalue weighted by Crippen LogP contribution is 2.26. The monoisotopic (exact) mass is 156 g/mol. The van der Waals surface area contributed by atoms with Crippen LogP contribution in [0.15, 0.2) is 0 Å². The fourth-order valence-electron chi connectivity index (χ4n) is 1.74. The van der Waals surface area contributed by atoms with Crippen LogP contribution in [0.4, 0.5) is 0 Å². The topological polar surface area (TPSA) is 26.3 Å². The van der Waals surface area contributed by atoms with Crippen LogP contribution in [0.5, 0.6) is 0 Å². The summed E-state index contributed by atoms with van der Waals surface area (Å²) in [5.41, 5.74) is 0. The fraction of sp³-hybridized carbons (Fsp3) is 0.889. The van der Waals surface area contributed by atoms with Crippen molar-refractivity contribution in [3.05, 3.63) is 0 Å². The number of Topliss-reactive ketones (excluding diaryl/α,β-unsaturated/α-hetero) is 1. The van der Waals surface area contributed by atoms with Crippen molar-refractivity contribution >= 4 is 5.78 Å². The molecular formula is C9H16O2. The van der Waals surface area contributed by atoms with Crippen molar-refractivity contribution in [1.82, 2.24) is 0 Å². The maximum atomic E-state index is 11.3. The van der Waals surface area contributed by atoms with Crippen molar-refractivity contribution in [3.63, 3.8) is 0 Å². The number of hydrogen-bond donors (Lipinski definition) is 0. The van der Waals surface area contributed by atoms with Gasteiger partial charge in [-0.1, -0.05) is 6.92 Å². The van der Waals surface area contributed by atoms with Gasteiger partial charge in [-0.05, 0) is 18.8 Å². The number of hydrogen-bond acceptors (Lipinski definition) is 2. The first-order valence-electron chi connectivity index (χ1n) is 4.27.